The first-order chi connectivity index (χ1) is 14.3. The van der Waals surface area contributed by atoms with Crippen molar-refractivity contribution in [3.05, 3.63) is 64.7 Å². The molecule has 30 heavy (non-hydrogen) atoms. The van der Waals surface area contributed by atoms with Crippen LogP contribution in [0.15, 0.2) is 48.5 Å². The summed E-state index contributed by atoms with van der Waals surface area (Å²) < 4.78 is 25.9. The van der Waals surface area contributed by atoms with Crippen molar-refractivity contribution in [1.82, 2.24) is 10.2 Å². The zero-order chi connectivity index (χ0) is 21.6. The van der Waals surface area contributed by atoms with Crippen molar-refractivity contribution in [3.8, 4) is 0 Å². The second-order valence-electron chi connectivity index (χ2n) is 7.60. The van der Waals surface area contributed by atoms with E-state index >= 15 is 0 Å². The molecular weight excluding hydrogens is 422 g/mol. The number of piperidine rings is 1. The summed E-state index contributed by atoms with van der Waals surface area (Å²) >= 11 is 6.02. The summed E-state index contributed by atoms with van der Waals surface area (Å²) in [5.74, 6) is -0.117. The summed E-state index contributed by atoms with van der Waals surface area (Å²) in [7, 11) is -3.49. The molecule has 0 aromatic heterocycles. The Labute approximate surface area is 183 Å². The lowest BCUT2D eigenvalue weighted by atomic mass is 10.1. The summed E-state index contributed by atoms with van der Waals surface area (Å²) in [5, 5.41) is 3.43. The molecule has 0 unspecified atom stereocenters. The van der Waals surface area contributed by atoms with Crippen molar-refractivity contribution < 1.29 is 13.2 Å². The molecule has 0 spiro atoms. The number of hydrogen-bond acceptors (Lipinski definition) is 4. The Hall–Kier alpha value is -2.09. The normalized spacial score (nSPS) is 15.0. The molecule has 0 atom stereocenters. The Morgan fingerprint density at radius 3 is 2.43 bits per heavy atom. The number of benzene rings is 2. The number of nitrogens with zero attached hydrogens (tertiary/aromatic N) is 2. The molecular formula is C22H28ClN3O3S. The van der Waals surface area contributed by atoms with Gasteiger partial charge in [-0.15, -0.1) is 0 Å². The van der Waals surface area contributed by atoms with E-state index in [4.69, 9.17) is 11.6 Å². The third-order valence-corrected chi connectivity index (χ3v) is 6.58. The van der Waals surface area contributed by atoms with Gasteiger partial charge in [-0.25, -0.2) is 8.42 Å². The maximum absolute atomic E-state index is 12.4. The molecule has 3 rings (SSSR count). The first-order valence-corrected chi connectivity index (χ1v) is 12.4. The van der Waals surface area contributed by atoms with Crippen LogP contribution in [0.4, 0.5) is 5.69 Å². The first-order valence-electron chi connectivity index (χ1n) is 10.2. The number of carbonyl (C=O) groups is 1. The Morgan fingerprint density at radius 1 is 1.10 bits per heavy atom. The fourth-order valence-electron chi connectivity index (χ4n) is 3.57. The lowest BCUT2D eigenvalue weighted by molar-refractivity contribution is 0.0946. The van der Waals surface area contributed by atoms with Crippen molar-refractivity contribution in [3.63, 3.8) is 0 Å². The highest BCUT2D eigenvalue weighted by Crippen LogP contribution is 2.24. The zero-order valence-electron chi connectivity index (χ0n) is 17.2. The van der Waals surface area contributed by atoms with Gasteiger partial charge in [0.25, 0.3) is 5.91 Å². The fraction of sp³-hybridized carbons (Fsp3) is 0.409. The monoisotopic (exact) mass is 449 g/mol. The van der Waals surface area contributed by atoms with Crippen molar-refractivity contribution in [2.45, 2.75) is 25.8 Å². The average Bonchev–Trinajstić information content (AvgIpc) is 2.72. The van der Waals surface area contributed by atoms with Gasteiger partial charge in [0, 0.05) is 23.7 Å². The number of rotatable bonds is 8. The number of amides is 1. The first kappa shape index (κ1) is 22.6. The van der Waals surface area contributed by atoms with E-state index in [2.05, 4.69) is 10.2 Å². The van der Waals surface area contributed by atoms with Gasteiger partial charge in [0.2, 0.25) is 10.0 Å². The van der Waals surface area contributed by atoms with Gasteiger partial charge >= 0.3 is 0 Å². The molecule has 1 saturated heterocycles. The lowest BCUT2D eigenvalue weighted by Crippen LogP contribution is -2.37. The number of sulfonamides is 1. The van der Waals surface area contributed by atoms with Crippen LogP contribution >= 0.6 is 11.6 Å². The fourth-order valence-corrected chi connectivity index (χ4v) is 4.64. The molecule has 1 N–H and O–H groups in total. The molecule has 0 bridgehead atoms. The van der Waals surface area contributed by atoms with Crippen molar-refractivity contribution in [1.29, 1.82) is 0 Å². The summed E-state index contributed by atoms with van der Waals surface area (Å²) in [5.41, 5.74) is 1.85. The van der Waals surface area contributed by atoms with E-state index in [-0.39, 0.29) is 12.5 Å². The Morgan fingerprint density at radius 2 is 1.80 bits per heavy atom. The number of likely N-dealkylation sites (tertiary alicyclic amines) is 1. The van der Waals surface area contributed by atoms with Crippen LogP contribution in [-0.4, -0.2) is 51.7 Å². The molecule has 1 heterocycles. The quantitative estimate of drug-likeness (QED) is 0.669. The number of anilines is 1. The molecule has 1 aliphatic heterocycles. The number of hydrogen-bond donors (Lipinski definition) is 1. The van der Waals surface area contributed by atoms with Gasteiger partial charge in [0.1, 0.15) is 0 Å². The van der Waals surface area contributed by atoms with E-state index in [1.165, 1.54) is 23.6 Å². The standard InChI is InChI=1S/C22H28ClN3O3S/c1-30(28,29)26(21-7-5-6-20(23)16-21)17-18-8-10-19(11-9-18)22(27)24-12-15-25-13-3-2-4-14-25/h5-11,16H,2-4,12-15,17H2,1H3,(H,24,27). The minimum Gasteiger partial charge on any atom is -0.351 e. The Bertz CT molecular complexity index is 958. The number of carbonyl (C=O) groups excluding carboxylic acids is 1. The van der Waals surface area contributed by atoms with Crippen molar-refractivity contribution in [2.75, 3.05) is 36.7 Å². The van der Waals surface area contributed by atoms with E-state index < -0.39 is 10.0 Å². The second-order valence-corrected chi connectivity index (χ2v) is 9.95. The smallest absolute Gasteiger partial charge is 0.251 e. The van der Waals surface area contributed by atoms with Crippen LogP contribution in [0.25, 0.3) is 0 Å². The summed E-state index contributed by atoms with van der Waals surface area (Å²) in [6, 6.07) is 13.7. The third-order valence-electron chi connectivity index (χ3n) is 5.20. The molecule has 1 amide bonds. The van der Waals surface area contributed by atoms with E-state index in [1.807, 2.05) is 0 Å². The SMILES string of the molecule is CS(=O)(=O)N(Cc1ccc(C(=O)NCCN2CCCCC2)cc1)c1cccc(Cl)c1. The van der Waals surface area contributed by atoms with E-state index in [0.717, 1.165) is 31.5 Å². The zero-order valence-corrected chi connectivity index (χ0v) is 18.8. The molecule has 0 radical (unpaired) electrons. The molecule has 0 aliphatic carbocycles. The third kappa shape index (κ3) is 6.45. The predicted molar refractivity (Wildman–Crippen MR) is 122 cm³/mol. The van der Waals surface area contributed by atoms with Crippen LogP contribution in [0, 0.1) is 0 Å². The van der Waals surface area contributed by atoms with E-state index in [0.29, 0.717) is 22.8 Å². The van der Waals surface area contributed by atoms with Crippen LogP contribution in [0.2, 0.25) is 5.02 Å². The minimum absolute atomic E-state index is 0.117. The van der Waals surface area contributed by atoms with Crippen LogP contribution in [0.5, 0.6) is 0 Å². The van der Waals surface area contributed by atoms with Crippen LogP contribution in [0.1, 0.15) is 35.2 Å². The maximum Gasteiger partial charge on any atom is 0.251 e. The van der Waals surface area contributed by atoms with E-state index in [1.54, 1.807) is 48.5 Å². The summed E-state index contributed by atoms with van der Waals surface area (Å²) in [6.45, 7) is 3.86. The van der Waals surface area contributed by atoms with Gasteiger partial charge in [-0.05, 0) is 61.8 Å². The molecule has 162 valence electrons. The van der Waals surface area contributed by atoms with Crippen molar-refractivity contribution in [2.24, 2.45) is 0 Å². The minimum atomic E-state index is -3.49. The molecule has 2 aromatic rings. The Kier molecular flexibility index (Phi) is 7.75. The topological polar surface area (TPSA) is 69.7 Å². The largest absolute Gasteiger partial charge is 0.351 e. The van der Waals surface area contributed by atoms with E-state index in [9.17, 15) is 13.2 Å². The second kappa shape index (κ2) is 10.3. The maximum atomic E-state index is 12.4. The lowest BCUT2D eigenvalue weighted by Gasteiger charge is -2.26. The predicted octanol–water partition coefficient (Wildman–Crippen LogP) is 3.52. The van der Waals surface area contributed by atoms with Crippen molar-refractivity contribution >= 4 is 33.2 Å². The van der Waals surface area contributed by atoms with Gasteiger partial charge < -0.3 is 10.2 Å². The highest BCUT2D eigenvalue weighted by Gasteiger charge is 2.18. The molecule has 1 fully saturated rings. The van der Waals surface area contributed by atoms with Crippen LogP contribution in [-0.2, 0) is 16.6 Å². The van der Waals surface area contributed by atoms with Crippen LogP contribution in [0.3, 0.4) is 0 Å². The molecule has 6 nitrogen and oxygen atoms in total. The summed E-state index contributed by atoms with van der Waals surface area (Å²) in [6.07, 6.45) is 4.92. The highest BCUT2D eigenvalue weighted by molar-refractivity contribution is 7.92. The molecule has 1 aliphatic rings. The van der Waals surface area contributed by atoms with Gasteiger partial charge in [-0.2, -0.15) is 0 Å². The highest BCUT2D eigenvalue weighted by atomic mass is 35.5. The van der Waals surface area contributed by atoms with Gasteiger partial charge in [0.15, 0.2) is 0 Å². The van der Waals surface area contributed by atoms with Gasteiger partial charge in [0.05, 0.1) is 18.5 Å². The average molecular weight is 450 g/mol. The molecule has 0 saturated carbocycles. The Balaban J connectivity index is 1.60. The summed E-state index contributed by atoms with van der Waals surface area (Å²) in [4.78, 5) is 14.8. The molecule has 2 aromatic carbocycles. The molecule has 8 heteroatoms. The number of halogens is 1. The van der Waals surface area contributed by atoms with Crippen LogP contribution < -0.4 is 9.62 Å². The number of nitrogens with one attached hydrogen (secondary N) is 1. The van der Waals surface area contributed by atoms with Gasteiger partial charge in [-0.3, -0.25) is 9.10 Å². The van der Waals surface area contributed by atoms with Gasteiger partial charge in [-0.1, -0.05) is 36.2 Å².